The number of hydrogen-bond donors (Lipinski definition) is 2. The number of amides is 2. The van der Waals surface area contributed by atoms with Crippen LogP contribution < -0.4 is 10.2 Å². The van der Waals surface area contributed by atoms with Crippen LogP contribution in [0.4, 0.5) is 5.69 Å². The number of aryl methyl sites for hydroxylation is 1. The van der Waals surface area contributed by atoms with Crippen LogP contribution in [-0.4, -0.2) is 50.2 Å². The number of carbonyl (C=O) groups excluding carboxylic acids is 2. The lowest BCUT2D eigenvalue weighted by Crippen LogP contribution is -3.11. The van der Waals surface area contributed by atoms with Crippen LogP contribution in [0.1, 0.15) is 18.1 Å². The first-order valence-electron chi connectivity index (χ1n) is 9.48. The van der Waals surface area contributed by atoms with Gasteiger partial charge in [-0.05, 0) is 42.0 Å². The van der Waals surface area contributed by atoms with Crippen LogP contribution in [0.25, 0.3) is 0 Å². The fourth-order valence-corrected chi connectivity index (χ4v) is 3.38. The molecule has 0 saturated heterocycles. The molecule has 1 unspecified atom stereocenters. The molecule has 0 aliphatic carbocycles. The molecule has 6 heteroatoms. The molecule has 0 aliphatic heterocycles. The molecule has 0 bridgehead atoms. The largest absolute Gasteiger partial charge is 0.337 e. The predicted molar refractivity (Wildman–Crippen MR) is 116 cm³/mol. The predicted octanol–water partition coefficient (Wildman–Crippen LogP) is 2.08. The highest BCUT2D eigenvalue weighted by Crippen LogP contribution is 2.16. The van der Waals surface area contributed by atoms with Gasteiger partial charge in [0, 0.05) is 24.2 Å². The van der Waals surface area contributed by atoms with Crippen molar-refractivity contribution in [1.29, 1.82) is 0 Å². The molecular weight excluding hydrogens is 370 g/mol. The quantitative estimate of drug-likeness (QED) is 0.634. The van der Waals surface area contributed by atoms with Gasteiger partial charge in [-0.1, -0.05) is 37.3 Å². The van der Waals surface area contributed by atoms with Crippen molar-refractivity contribution in [3.8, 4) is 0 Å². The number of anilines is 1. The summed E-state index contributed by atoms with van der Waals surface area (Å²) < 4.78 is 0. The van der Waals surface area contributed by atoms with Crippen LogP contribution in [0, 0.1) is 0 Å². The monoisotopic (exact) mass is 400 g/mol. The summed E-state index contributed by atoms with van der Waals surface area (Å²) in [5.41, 5.74) is 3.05. The van der Waals surface area contributed by atoms with Gasteiger partial charge in [-0.2, -0.15) is 0 Å². The lowest BCUT2D eigenvalue weighted by atomic mass is 10.1. The number of likely N-dealkylation sites (N-methyl/N-ethyl adjacent to an activating group) is 2. The van der Waals surface area contributed by atoms with Gasteiger partial charge in [0.25, 0.3) is 11.8 Å². The van der Waals surface area contributed by atoms with Gasteiger partial charge in [0.05, 0.1) is 7.05 Å². The van der Waals surface area contributed by atoms with E-state index in [0.717, 1.165) is 28.1 Å². The van der Waals surface area contributed by atoms with Gasteiger partial charge in [0.15, 0.2) is 13.1 Å². The number of hydrogen-bond acceptors (Lipinski definition) is 3. The number of nitrogens with zero attached hydrogens (tertiary/aromatic N) is 1. The maximum absolute atomic E-state index is 12.5. The van der Waals surface area contributed by atoms with Gasteiger partial charge in [0.2, 0.25) is 0 Å². The summed E-state index contributed by atoms with van der Waals surface area (Å²) in [6.07, 6.45) is 2.90. The van der Waals surface area contributed by atoms with E-state index < -0.39 is 0 Å². The Kier molecular flexibility index (Phi) is 8.54. The van der Waals surface area contributed by atoms with Gasteiger partial charge in [0.1, 0.15) is 0 Å². The number of para-hydroxylation sites is 1. The summed E-state index contributed by atoms with van der Waals surface area (Å²) in [5.74, 6) is -0.0605. The van der Waals surface area contributed by atoms with E-state index in [-0.39, 0.29) is 24.9 Å². The third kappa shape index (κ3) is 6.69. The number of nitrogens with one attached hydrogen (secondary N) is 2. The van der Waals surface area contributed by atoms with Gasteiger partial charge >= 0.3 is 0 Å². The molecular formula is C22H30N3O2S+. The summed E-state index contributed by atoms with van der Waals surface area (Å²) in [4.78, 5) is 28.6. The zero-order valence-electron chi connectivity index (χ0n) is 17.1. The smallest absolute Gasteiger partial charge is 0.279 e. The fourth-order valence-electron chi connectivity index (χ4n) is 2.97. The van der Waals surface area contributed by atoms with Crippen LogP contribution in [0.3, 0.4) is 0 Å². The van der Waals surface area contributed by atoms with Crippen molar-refractivity contribution in [1.82, 2.24) is 4.90 Å². The average molecular weight is 401 g/mol. The number of benzene rings is 2. The van der Waals surface area contributed by atoms with E-state index in [9.17, 15) is 9.59 Å². The Balaban J connectivity index is 1.82. The summed E-state index contributed by atoms with van der Waals surface area (Å²) in [7, 11) is 3.67. The van der Waals surface area contributed by atoms with Crippen molar-refractivity contribution in [3.63, 3.8) is 0 Å². The highest BCUT2D eigenvalue weighted by molar-refractivity contribution is 7.98. The molecule has 5 nitrogen and oxygen atoms in total. The Morgan fingerprint density at radius 3 is 2.39 bits per heavy atom. The second-order valence-corrected chi connectivity index (χ2v) is 7.85. The molecule has 2 N–H and O–H groups in total. The second-order valence-electron chi connectivity index (χ2n) is 6.97. The molecule has 2 amide bonds. The zero-order valence-corrected chi connectivity index (χ0v) is 17.9. The molecule has 0 saturated carbocycles. The molecule has 0 spiro atoms. The first-order chi connectivity index (χ1) is 13.4. The van der Waals surface area contributed by atoms with Gasteiger partial charge in [-0.25, -0.2) is 0 Å². The minimum atomic E-state index is -0.0819. The van der Waals surface area contributed by atoms with Crippen LogP contribution in [0.2, 0.25) is 0 Å². The average Bonchev–Trinajstić information content (AvgIpc) is 2.68. The van der Waals surface area contributed by atoms with Crippen molar-refractivity contribution in [2.24, 2.45) is 0 Å². The lowest BCUT2D eigenvalue weighted by molar-refractivity contribution is -0.862. The van der Waals surface area contributed by atoms with E-state index in [4.69, 9.17) is 0 Å². The van der Waals surface area contributed by atoms with Crippen LogP contribution in [-0.2, 0) is 22.6 Å². The van der Waals surface area contributed by atoms with Crippen molar-refractivity contribution >= 4 is 29.3 Å². The first-order valence-corrected chi connectivity index (χ1v) is 10.7. The van der Waals surface area contributed by atoms with E-state index >= 15 is 0 Å². The maximum Gasteiger partial charge on any atom is 0.279 e. The molecule has 0 aromatic heterocycles. The van der Waals surface area contributed by atoms with Crippen LogP contribution in [0.5, 0.6) is 0 Å². The summed E-state index contributed by atoms with van der Waals surface area (Å²) in [5, 5.41) is 2.96. The molecule has 1 atom stereocenters. The molecule has 0 fully saturated rings. The lowest BCUT2D eigenvalue weighted by Gasteiger charge is -2.20. The fraction of sp³-hybridized carbons (Fsp3) is 0.364. The van der Waals surface area contributed by atoms with Crippen LogP contribution >= 0.6 is 11.8 Å². The molecule has 0 radical (unpaired) electrons. The molecule has 28 heavy (non-hydrogen) atoms. The third-order valence-corrected chi connectivity index (χ3v) is 5.34. The zero-order chi connectivity index (χ0) is 20.5. The number of quaternary nitrogens is 1. The second kappa shape index (κ2) is 10.9. The number of rotatable bonds is 9. The SMILES string of the molecule is CCc1ccccc1NC(=O)C[NH+](C)CC(=O)N(C)Cc1ccc(SC)cc1. The Morgan fingerprint density at radius 2 is 1.75 bits per heavy atom. The molecule has 0 heterocycles. The van der Waals surface area contributed by atoms with Crippen LogP contribution in [0.15, 0.2) is 53.4 Å². The molecule has 150 valence electrons. The topological polar surface area (TPSA) is 53.9 Å². The van der Waals surface area contributed by atoms with Crippen molar-refractivity contribution in [3.05, 3.63) is 59.7 Å². The maximum atomic E-state index is 12.5. The summed E-state index contributed by atoms with van der Waals surface area (Å²) in [6.45, 7) is 3.16. The molecule has 2 aromatic rings. The first kappa shape index (κ1) is 22.0. The Hall–Kier alpha value is -2.31. The summed E-state index contributed by atoms with van der Waals surface area (Å²) >= 11 is 1.70. The number of thioether (sulfide) groups is 1. The molecule has 0 aliphatic rings. The minimum absolute atomic E-state index is 0.0215. The molecule has 2 aromatic carbocycles. The standard InChI is InChI=1S/C22H29N3O2S/c1-5-18-8-6-7-9-20(18)23-21(26)15-24(2)16-22(27)25(3)14-17-10-12-19(28-4)13-11-17/h6-13H,5,14-16H2,1-4H3,(H,23,26)/p+1. The van der Waals surface area contributed by atoms with Gasteiger partial charge in [-0.3, -0.25) is 9.59 Å². The summed E-state index contributed by atoms with van der Waals surface area (Å²) in [6, 6.07) is 16.0. The van der Waals surface area contributed by atoms with Gasteiger partial charge in [-0.15, -0.1) is 11.8 Å². The normalized spacial score (nSPS) is 11.7. The Labute approximate surface area is 172 Å². The van der Waals surface area contributed by atoms with E-state index in [1.807, 2.05) is 49.7 Å². The minimum Gasteiger partial charge on any atom is -0.337 e. The van der Waals surface area contributed by atoms with E-state index in [1.54, 1.807) is 23.7 Å². The Bertz CT molecular complexity index is 793. The third-order valence-electron chi connectivity index (χ3n) is 4.59. The van der Waals surface area contributed by atoms with E-state index in [1.165, 1.54) is 4.90 Å². The van der Waals surface area contributed by atoms with Gasteiger partial charge < -0.3 is 15.1 Å². The van der Waals surface area contributed by atoms with E-state index in [0.29, 0.717) is 6.54 Å². The number of carbonyl (C=O) groups is 2. The Morgan fingerprint density at radius 1 is 1.07 bits per heavy atom. The van der Waals surface area contributed by atoms with Crippen molar-refractivity contribution in [2.45, 2.75) is 24.8 Å². The van der Waals surface area contributed by atoms with Crippen molar-refractivity contribution in [2.75, 3.05) is 38.8 Å². The molecule has 2 rings (SSSR count). The van der Waals surface area contributed by atoms with Crippen molar-refractivity contribution < 1.29 is 14.5 Å². The van der Waals surface area contributed by atoms with E-state index in [2.05, 4.69) is 24.4 Å². The highest BCUT2D eigenvalue weighted by Gasteiger charge is 2.18. The highest BCUT2D eigenvalue weighted by atomic mass is 32.2.